The first kappa shape index (κ1) is 8.91. The van der Waals surface area contributed by atoms with Crippen molar-refractivity contribution in [1.82, 2.24) is 9.97 Å². The quantitative estimate of drug-likeness (QED) is 0.671. The van der Waals surface area contributed by atoms with E-state index in [1.54, 1.807) is 12.5 Å². The molecule has 0 fully saturated rings. The Hall–Kier alpha value is -2.36. The van der Waals surface area contributed by atoms with Crippen LogP contribution >= 0.6 is 0 Å². The predicted molar refractivity (Wildman–Crippen MR) is 61.7 cm³/mol. The molecule has 2 N–H and O–H groups in total. The molecule has 0 bridgehead atoms. The lowest BCUT2D eigenvalue weighted by molar-refractivity contribution is 0.568. The van der Waals surface area contributed by atoms with Crippen molar-refractivity contribution in [2.24, 2.45) is 0 Å². The van der Waals surface area contributed by atoms with Crippen LogP contribution in [0.3, 0.4) is 0 Å². The van der Waals surface area contributed by atoms with Gasteiger partial charge >= 0.3 is 0 Å². The van der Waals surface area contributed by atoms with E-state index in [9.17, 15) is 0 Å². The summed E-state index contributed by atoms with van der Waals surface area (Å²) in [5.41, 5.74) is 8.99. The molecule has 0 amide bonds. The zero-order valence-corrected chi connectivity index (χ0v) is 8.42. The molecule has 0 unspecified atom stereocenters. The maximum Gasteiger partial charge on any atom is 0.150 e. The lowest BCUT2D eigenvalue weighted by atomic mass is 10.2. The van der Waals surface area contributed by atoms with E-state index in [1.165, 1.54) is 0 Å². The molecule has 3 aromatic rings. The van der Waals surface area contributed by atoms with Crippen LogP contribution in [0.25, 0.3) is 22.3 Å². The van der Waals surface area contributed by atoms with Gasteiger partial charge in [0.05, 0.1) is 23.6 Å². The molecule has 0 saturated carbocycles. The van der Waals surface area contributed by atoms with Crippen molar-refractivity contribution in [3.8, 4) is 11.3 Å². The lowest BCUT2D eigenvalue weighted by Crippen LogP contribution is -1.97. The number of anilines is 1. The number of nitrogens with two attached hydrogens (primary N) is 1. The van der Waals surface area contributed by atoms with Crippen LogP contribution in [0.15, 0.2) is 47.3 Å². The number of aromatic nitrogens is 2. The van der Waals surface area contributed by atoms with Gasteiger partial charge in [-0.2, -0.15) is 0 Å². The zero-order valence-electron chi connectivity index (χ0n) is 8.42. The highest BCUT2D eigenvalue weighted by Crippen LogP contribution is 2.24. The van der Waals surface area contributed by atoms with Gasteiger partial charge in [0.1, 0.15) is 5.69 Å². The summed E-state index contributed by atoms with van der Waals surface area (Å²) >= 11 is 0. The van der Waals surface area contributed by atoms with Crippen molar-refractivity contribution in [2.75, 3.05) is 5.73 Å². The summed E-state index contributed by atoms with van der Waals surface area (Å²) in [7, 11) is 0. The topological polar surface area (TPSA) is 64.9 Å². The van der Waals surface area contributed by atoms with E-state index >= 15 is 0 Å². The Morgan fingerprint density at radius 3 is 2.44 bits per heavy atom. The van der Waals surface area contributed by atoms with Crippen molar-refractivity contribution in [3.05, 3.63) is 42.9 Å². The molecule has 0 aliphatic rings. The molecule has 0 aliphatic heterocycles. The van der Waals surface area contributed by atoms with Crippen LogP contribution in [-0.2, 0) is 0 Å². The maximum atomic E-state index is 5.86. The largest absolute Gasteiger partial charge is 0.472 e. The van der Waals surface area contributed by atoms with E-state index in [-0.39, 0.29) is 0 Å². The summed E-state index contributed by atoms with van der Waals surface area (Å²) in [6, 6.07) is 9.44. The molecule has 16 heavy (non-hydrogen) atoms. The Bertz CT molecular complexity index is 632. The molecule has 2 aromatic heterocycles. The minimum absolute atomic E-state index is 0.417. The number of furan rings is 1. The third-order valence-electron chi connectivity index (χ3n) is 2.39. The summed E-state index contributed by atoms with van der Waals surface area (Å²) in [4.78, 5) is 8.77. The fraction of sp³-hybridized carbons (Fsp3) is 0. The molecule has 3 rings (SSSR count). The second-order valence-corrected chi connectivity index (χ2v) is 3.46. The Morgan fingerprint density at radius 2 is 1.75 bits per heavy atom. The molecular formula is C12H9N3O. The number of benzene rings is 1. The smallest absolute Gasteiger partial charge is 0.150 e. The molecule has 4 heteroatoms. The highest BCUT2D eigenvalue weighted by Gasteiger charge is 2.08. The van der Waals surface area contributed by atoms with Crippen LogP contribution in [0.2, 0.25) is 0 Å². The SMILES string of the molecule is Nc1nc2ccccc2nc1-c1ccoc1. The van der Waals surface area contributed by atoms with Crippen LogP contribution in [0.5, 0.6) is 0 Å². The van der Waals surface area contributed by atoms with Crippen LogP contribution < -0.4 is 5.73 Å². The number of fused-ring (bicyclic) bond motifs is 1. The van der Waals surface area contributed by atoms with Gasteiger partial charge in [-0.1, -0.05) is 12.1 Å². The van der Waals surface area contributed by atoms with E-state index in [2.05, 4.69) is 9.97 Å². The Morgan fingerprint density at radius 1 is 1.00 bits per heavy atom. The number of hydrogen-bond acceptors (Lipinski definition) is 4. The fourth-order valence-corrected chi connectivity index (χ4v) is 1.63. The third kappa shape index (κ3) is 1.32. The molecule has 0 aliphatic carbocycles. The van der Waals surface area contributed by atoms with Gasteiger partial charge in [-0.3, -0.25) is 0 Å². The standard InChI is InChI=1S/C12H9N3O/c13-12-11(8-5-6-16-7-8)14-9-3-1-2-4-10(9)15-12/h1-7H,(H2,13,15). The van der Waals surface area contributed by atoms with E-state index in [0.717, 1.165) is 16.6 Å². The van der Waals surface area contributed by atoms with E-state index in [0.29, 0.717) is 11.5 Å². The molecular weight excluding hydrogens is 202 g/mol. The fourth-order valence-electron chi connectivity index (χ4n) is 1.63. The lowest BCUT2D eigenvalue weighted by Gasteiger charge is -2.03. The first-order valence-electron chi connectivity index (χ1n) is 4.89. The predicted octanol–water partition coefficient (Wildman–Crippen LogP) is 2.47. The third-order valence-corrected chi connectivity index (χ3v) is 2.39. The van der Waals surface area contributed by atoms with Crippen molar-refractivity contribution < 1.29 is 4.42 Å². The van der Waals surface area contributed by atoms with Crippen molar-refractivity contribution in [1.29, 1.82) is 0 Å². The molecule has 0 spiro atoms. The summed E-state index contributed by atoms with van der Waals surface area (Å²) in [5.74, 6) is 0.417. The van der Waals surface area contributed by atoms with Crippen LogP contribution in [0.1, 0.15) is 0 Å². The molecule has 0 atom stereocenters. The maximum absolute atomic E-state index is 5.86. The summed E-state index contributed by atoms with van der Waals surface area (Å²) in [6.07, 6.45) is 3.20. The van der Waals surface area contributed by atoms with Gasteiger partial charge in [0.2, 0.25) is 0 Å². The first-order valence-corrected chi connectivity index (χ1v) is 4.89. The van der Waals surface area contributed by atoms with Gasteiger partial charge in [0.25, 0.3) is 0 Å². The number of nitrogens with zero attached hydrogens (tertiary/aromatic N) is 2. The minimum Gasteiger partial charge on any atom is -0.472 e. The van der Waals surface area contributed by atoms with Crippen molar-refractivity contribution >= 4 is 16.9 Å². The second kappa shape index (κ2) is 3.34. The van der Waals surface area contributed by atoms with Gasteiger partial charge in [-0.25, -0.2) is 9.97 Å². The van der Waals surface area contributed by atoms with Gasteiger partial charge in [-0.05, 0) is 18.2 Å². The summed E-state index contributed by atoms with van der Waals surface area (Å²) in [5, 5.41) is 0. The van der Waals surface area contributed by atoms with Crippen molar-refractivity contribution in [3.63, 3.8) is 0 Å². The second-order valence-electron chi connectivity index (χ2n) is 3.46. The molecule has 4 nitrogen and oxygen atoms in total. The highest BCUT2D eigenvalue weighted by molar-refractivity contribution is 5.81. The molecule has 0 saturated heterocycles. The number of para-hydroxylation sites is 2. The normalized spacial score (nSPS) is 10.8. The number of rotatable bonds is 1. The van der Waals surface area contributed by atoms with Crippen molar-refractivity contribution in [2.45, 2.75) is 0 Å². The van der Waals surface area contributed by atoms with Gasteiger partial charge < -0.3 is 10.2 Å². The van der Waals surface area contributed by atoms with Gasteiger partial charge in [0.15, 0.2) is 5.82 Å². The average molecular weight is 211 g/mol. The highest BCUT2D eigenvalue weighted by atomic mass is 16.3. The van der Waals surface area contributed by atoms with E-state index in [1.807, 2.05) is 30.3 Å². The summed E-state index contributed by atoms with van der Waals surface area (Å²) in [6.45, 7) is 0. The molecule has 2 heterocycles. The molecule has 0 radical (unpaired) electrons. The minimum atomic E-state index is 0.417. The molecule has 78 valence electrons. The van der Waals surface area contributed by atoms with E-state index in [4.69, 9.17) is 10.2 Å². The average Bonchev–Trinajstić information content (AvgIpc) is 2.81. The Labute approximate surface area is 91.7 Å². The van der Waals surface area contributed by atoms with Crippen LogP contribution in [0.4, 0.5) is 5.82 Å². The molecule has 1 aromatic carbocycles. The number of hydrogen-bond donors (Lipinski definition) is 1. The first-order chi connectivity index (χ1) is 7.84. The number of nitrogen functional groups attached to an aromatic ring is 1. The van der Waals surface area contributed by atoms with Gasteiger partial charge in [-0.15, -0.1) is 0 Å². The monoisotopic (exact) mass is 211 g/mol. The van der Waals surface area contributed by atoms with E-state index < -0.39 is 0 Å². The Balaban J connectivity index is 2.30. The Kier molecular flexibility index (Phi) is 1.86. The van der Waals surface area contributed by atoms with Gasteiger partial charge in [0, 0.05) is 5.56 Å². The van der Waals surface area contributed by atoms with Crippen LogP contribution in [0, 0.1) is 0 Å². The van der Waals surface area contributed by atoms with Crippen LogP contribution in [-0.4, -0.2) is 9.97 Å². The summed E-state index contributed by atoms with van der Waals surface area (Å²) < 4.78 is 5.01. The zero-order chi connectivity index (χ0) is 11.0.